The molecule has 0 saturated heterocycles. The molecule has 0 amide bonds. The van der Waals surface area contributed by atoms with E-state index >= 15 is 0 Å². The van der Waals surface area contributed by atoms with Gasteiger partial charge in [-0.2, -0.15) is 0 Å². The molecule has 0 N–H and O–H groups in total. The van der Waals surface area contributed by atoms with Crippen molar-refractivity contribution >= 4 is 23.2 Å². The fourth-order valence-electron chi connectivity index (χ4n) is 3.05. The van der Waals surface area contributed by atoms with Crippen LogP contribution < -0.4 is 5.30 Å². The molecule has 0 aliphatic carbocycles. The smallest absolute Gasteiger partial charge is 0.124 e. The molecule has 3 aromatic rings. The van der Waals surface area contributed by atoms with Gasteiger partial charge in [0.2, 0.25) is 0 Å². The summed E-state index contributed by atoms with van der Waals surface area (Å²) in [5.41, 5.74) is 1.17. The van der Waals surface area contributed by atoms with Gasteiger partial charge in [-0.3, -0.25) is 0 Å². The third-order valence-corrected chi connectivity index (χ3v) is 8.62. The lowest BCUT2D eigenvalue weighted by molar-refractivity contribution is 0.555. The third-order valence-electron chi connectivity index (χ3n) is 4.53. The highest BCUT2D eigenvalue weighted by molar-refractivity contribution is 7.72. The first-order valence-corrected chi connectivity index (χ1v) is 9.92. The Labute approximate surface area is 138 Å². The molecule has 3 rings (SSSR count). The average molecular weight is 322 g/mol. The summed E-state index contributed by atoms with van der Waals surface area (Å²) in [6.45, 7) is 6.27. The first kappa shape index (κ1) is 16.0. The Balaban J connectivity index is 2.15. The summed E-state index contributed by atoms with van der Waals surface area (Å²) in [5.74, 6) is 0. The molecule has 0 aliphatic rings. The number of benzene rings is 3. The van der Waals surface area contributed by atoms with Crippen molar-refractivity contribution in [3.8, 4) is 0 Å². The lowest BCUT2D eigenvalue weighted by Gasteiger charge is -2.32. The predicted molar refractivity (Wildman–Crippen MR) is 101 cm³/mol. The van der Waals surface area contributed by atoms with Gasteiger partial charge in [0.25, 0.3) is 0 Å². The van der Waals surface area contributed by atoms with Crippen LogP contribution >= 0.6 is 7.14 Å². The van der Waals surface area contributed by atoms with Crippen LogP contribution in [-0.2, 0) is 10.7 Å². The summed E-state index contributed by atoms with van der Waals surface area (Å²) in [5, 5.41) is 3.11. The van der Waals surface area contributed by atoms with E-state index < -0.39 is 7.14 Å². The van der Waals surface area contributed by atoms with E-state index in [1.807, 2.05) is 36.4 Å². The maximum Gasteiger partial charge on any atom is 0.124 e. The van der Waals surface area contributed by atoms with Crippen molar-refractivity contribution in [2.45, 2.75) is 32.1 Å². The highest BCUT2D eigenvalue weighted by Gasteiger charge is 2.38. The second kappa shape index (κ2) is 5.98. The minimum Gasteiger partial charge on any atom is -0.318 e. The van der Waals surface area contributed by atoms with Crippen LogP contribution in [0.2, 0.25) is 0 Å². The minimum absolute atomic E-state index is 0.273. The quantitative estimate of drug-likeness (QED) is 0.555. The van der Waals surface area contributed by atoms with Gasteiger partial charge in [-0.15, -0.1) is 0 Å². The highest BCUT2D eigenvalue weighted by Crippen LogP contribution is 2.59. The van der Waals surface area contributed by atoms with Crippen molar-refractivity contribution in [2.24, 2.45) is 0 Å². The van der Waals surface area contributed by atoms with E-state index in [2.05, 4.69) is 57.2 Å². The monoisotopic (exact) mass is 322 g/mol. The summed E-state index contributed by atoms with van der Waals surface area (Å²) in [7, 11) is -2.58. The molecule has 2 heteroatoms. The molecule has 0 fully saturated rings. The molecule has 0 aromatic heterocycles. The van der Waals surface area contributed by atoms with Crippen LogP contribution in [0.1, 0.15) is 26.3 Å². The highest BCUT2D eigenvalue weighted by atomic mass is 31.2. The Morgan fingerprint density at radius 1 is 0.783 bits per heavy atom. The van der Waals surface area contributed by atoms with E-state index in [1.165, 1.54) is 16.3 Å². The van der Waals surface area contributed by atoms with E-state index in [0.29, 0.717) is 6.16 Å². The normalized spacial score (nSPS) is 14.6. The molecular weight excluding hydrogens is 299 g/mol. The fourth-order valence-corrected chi connectivity index (χ4v) is 5.90. The Morgan fingerprint density at radius 3 is 2.09 bits per heavy atom. The topological polar surface area (TPSA) is 17.1 Å². The van der Waals surface area contributed by atoms with Gasteiger partial charge in [-0.1, -0.05) is 93.6 Å². The molecule has 118 valence electrons. The van der Waals surface area contributed by atoms with Crippen LogP contribution in [0.3, 0.4) is 0 Å². The van der Waals surface area contributed by atoms with Gasteiger partial charge >= 0.3 is 0 Å². The molecular formula is C21H23OP. The van der Waals surface area contributed by atoms with Gasteiger partial charge in [0, 0.05) is 16.6 Å². The van der Waals surface area contributed by atoms with Gasteiger partial charge in [0.15, 0.2) is 0 Å². The second-order valence-electron chi connectivity index (χ2n) is 7.04. The van der Waals surface area contributed by atoms with E-state index in [1.54, 1.807) is 0 Å². The first-order valence-electron chi connectivity index (χ1n) is 8.03. The van der Waals surface area contributed by atoms with Crippen molar-refractivity contribution < 1.29 is 4.57 Å². The summed E-state index contributed by atoms with van der Waals surface area (Å²) >= 11 is 0. The first-order chi connectivity index (χ1) is 10.9. The second-order valence-corrected chi connectivity index (χ2v) is 10.7. The molecule has 23 heavy (non-hydrogen) atoms. The Morgan fingerprint density at radius 2 is 1.39 bits per heavy atom. The number of fused-ring (bicyclic) bond motifs is 1. The Kier molecular flexibility index (Phi) is 4.17. The molecule has 0 radical (unpaired) electrons. The molecule has 0 heterocycles. The lowest BCUT2D eigenvalue weighted by atomic mass is 10.1. The zero-order valence-electron chi connectivity index (χ0n) is 14.0. The molecule has 3 aromatic carbocycles. The van der Waals surface area contributed by atoms with Crippen molar-refractivity contribution in [1.29, 1.82) is 0 Å². The van der Waals surface area contributed by atoms with Crippen LogP contribution in [-0.4, -0.2) is 5.16 Å². The van der Waals surface area contributed by atoms with Gasteiger partial charge < -0.3 is 4.57 Å². The molecule has 0 saturated carbocycles. The summed E-state index contributed by atoms with van der Waals surface area (Å²) < 4.78 is 14.0. The standard InChI is InChI=1S/C21H23OP/c1-21(2,3)23(22,19-13-5-4-6-14-19)16-18-12-9-11-17-10-7-8-15-20(17)18/h4-15H,16H2,1-3H3. The SMILES string of the molecule is CC(C)(C)P(=O)(Cc1cccc2ccccc12)c1ccccc1. The average Bonchev–Trinajstić information content (AvgIpc) is 2.55. The Bertz CT molecular complexity index is 854. The zero-order chi connectivity index (χ0) is 16.5. The zero-order valence-corrected chi connectivity index (χ0v) is 14.9. The maximum absolute atomic E-state index is 14.0. The van der Waals surface area contributed by atoms with Gasteiger partial charge in [-0.05, 0) is 16.3 Å². The molecule has 0 bridgehead atoms. The van der Waals surface area contributed by atoms with Crippen molar-refractivity contribution in [3.05, 3.63) is 78.4 Å². The van der Waals surface area contributed by atoms with E-state index in [9.17, 15) is 4.57 Å². The maximum atomic E-state index is 14.0. The summed E-state index contributed by atoms with van der Waals surface area (Å²) in [6, 6.07) is 24.6. The van der Waals surface area contributed by atoms with Crippen LogP contribution in [0.5, 0.6) is 0 Å². The predicted octanol–water partition coefficient (Wildman–Crippen LogP) is 5.83. The molecule has 1 unspecified atom stereocenters. The Hall–Kier alpha value is -1.85. The molecule has 1 atom stereocenters. The molecule has 1 nitrogen and oxygen atoms in total. The summed E-state index contributed by atoms with van der Waals surface area (Å²) in [6.07, 6.45) is 0.599. The van der Waals surface area contributed by atoms with Crippen LogP contribution in [0.4, 0.5) is 0 Å². The van der Waals surface area contributed by atoms with Crippen LogP contribution in [0, 0.1) is 0 Å². The van der Waals surface area contributed by atoms with E-state index in [0.717, 1.165) is 5.30 Å². The van der Waals surface area contributed by atoms with E-state index in [-0.39, 0.29) is 5.16 Å². The lowest BCUT2D eigenvalue weighted by Crippen LogP contribution is -2.24. The van der Waals surface area contributed by atoms with Crippen LogP contribution in [0.15, 0.2) is 72.8 Å². The molecule has 0 spiro atoms. The number of hydrogen-bond acceptors (Lipinski definition) is 1. The number of rotatable bonds is 3. The summed E-state index contributed by atoms with van der Waals surface area (Å²) in [4.78, 5) is 0. The van der Waals surface area contributed by atoms with Crippen molar-refractivity contribution in [2.75, 3.05) is 0 Å². The molecule has 0 aliphatic heterocycles. The van der Waals surface area contributed by atoms with E-state index in [4.69, 9.17) is 0 Å². The van der Waals surface area contributed by atoms with Gasteiger partial charge in [0.1, 0.15) is 7.14 Å². The number of hydrogen-bond donors (Lipinski definition) is 0. The van der Waals surface area contributed by atoms with Crippen molar-refractivity contribution in [1.82, 2.24) is 0 Å². The minimum atomic E-state index is -2.58. The van der Waals surface area contributed by atoms with Crippen LogP contribution in [0.25, 0.3) is 10.8 Å². The largest absolute Gasteiger partial charge is 0.318 e. The fraction of sp³-hybridized carbons (Fsp3) is 0.238. The third kappa shape index (κ3) is 2.99. The van der Waals surface area contributed by atoms with Crippen molar-refractivity contribution in [3.63, 3.8) is 0 Å². The van der Waals surface area contributed by atoms with Gasteiger partial charge in [-0.25, -0.2) is 0 Å². The van der Waals surface area contributed by atoms with Gasteiger partial charge in [0.05, 0.1) is 0 Å².